The normalized spacial score (nSPS) is 18.5. The number of benzene rings is 1. The van der Waals surface area contributed by atoms with E-state index in [4.69, 9.17) is 11.6 Å². The number of hydrogen-bond acceptors (Lipinski definition) is 4. The summed E-state index contributed by atoms with van der Waals surface area (Å²) in [6.45, 7) is 8.50. The third-order valence-corrected chi connectivity index (χ3v) is 7.58. The molecule has 2 N–H and O–H groups in total. The van der Waals surface area contributed by atoms with Gasteiger partial charge in [0.25, 0.3) is 5.91 Å². The minimum Gasteiger partial charge on any atom is -0.333 e. The van der Waals surface area contributed by atoms with Gasteiger partial charge in [0.05, 0.1) is 18.2 Å². The summed E-state index contributed by atoms with van der Waals surface area (Å²) < 4.78 is 0. The number of Topliss-reactive ketones (excluding diaryl/α,β-unsaturated/α-hetero) is 1. The van der Waals surface area contributed by atoms with E-state index in [1.54, 1.807) is 11.0 Å². The first-order valence-corrected chi connectivity index (χ1v) is 11.9. The van der Waals surface area contributed by atoms with Crippen molar-refractivity contribution < 1.29 is 14.4 Å². The molecule has 1 saturated carbocycles. The highest BCUT2D eigenvalue weighted by molar-refractivity contribution is 7.10. The first-order chi connectivity index (χ1) is 15.2. The summed E-state index contributed by atoms with van der Waals surface area (Å²) in [5, 5.41) is 8.13. The second kappa shape index (κ2) is 9.08. The lowest BCUT2D eigenvalue weighted by Crippen LogP contribution is -2.40. The second-order valence-corrected chi connectivity index (χ2v) is 9.88. The van der Waals surface area contributed by atoms with Crippen LogP contribution < -0.4 is 10.6 Å². The maximum Gasteiger partial charge on any atom is 0.319 e. The summed E-state index contributed by atoms with van der Waals surface area (Å²) in [6.07, 6.45) is 2.72. The molecule has 3 amide bonds. The molecule has 1 aromatic carbocycles. The highest BCUT2D eigenvalue weighted by atomic mass is 35.5. The smallest absolute Gasteiger partial charge is 0.319 e. The van der Waals surface area contributed by atoms with Gasteiger partial charge in [-0.1, -0.05) is 29.8 Å². The summed E-state index contributed by atoms with van der Waals surface area (Å²) >= 11 is 7.63. The molecule has 32 heavy (non-hydrogen) atoms. The van der Waals surface area contributed by atoms with Crippen LogP contribution in [0.1, 0.15) is 57.6 Å². The highest BCUT2D eigenvalue weighted by Crippen LogP contribution is 2.35. The average Bonchev–Trinajstić information content (AvgIpc) is 3.22. The zero-order valence-electron chi connectivity index (χ0n) is 18.2. The Balaban J connectivity index is 1.41. The standard InChI is InChI=1S/C24H26ClN3O3S/c1-13-5-4-6-20(21(29)7-13)28-11-16-17(23(28)30)12-32-22(16)10-26-24(31)27-19-9-18(25)14(2)8-15(19)3/h8-9,12,20H,1,4-7,10-11H2,2-3H3,(H2,26,27,31). The average molecular weight is 472 g/mol. The van der Waals surface area contributed by atoms with Crippen LogP contribution in [-0.4, -0.2) is 28.7 Å². The molecule has 0 radical (unpaired) electrons. The zero-order valence-corrected chi connectivity index (χ0v) is 19.8. The van der Waals surface area contributed by atoms with Crippen molar-refractivity contribution in [3.05, 3.63) is 61.8 Å². The van der Waals surface area contributed by atoms with Gasteiger partial charge in [-0.05, 0) is 55.9 Å². The molecule has 0 spiro atoms. The van der Waals surface area contributed by atoms with Crippen LogP contribution >= 0.6 is 22.9 Å². The summed E-state index contributed by atoms with van der Waals surface area (Å²) in [5.41, 5.74) is 5.03. The van der Waals surface area contributed by atoms with Gasteiger partial charge >= 0.3 is 6.03 Å². The number of nitrogens with one attached hydrogen (secondary N) is 2. The van der Waals surface area contributed by atoms with E-state index in [0.29, 0.717) is 42.2 Å². The van der Waals surface area contributed by atoms with E-state index in [9.17, 15) is 14.4 Å². The summed E-state index contributed by atoms with van der Waals surface area (Å²) in [5.74, 6) is -0.0245. The summed E-state index contributed by atoms with van der Waals surface area (Å²) in [6, 6.07) is 2.93. The van der Waals surface area contributed by atoms with Crippen LogP contribution in [0.4, 0.5) is 10.5 Å². The van der Waals surface area contributed by atoms with E-state index in [-0.39, 0.29) is 17.7 Å². The Kier molecular flexibility index (Phi) is 6.40. The number of nitrogens with zero attached hydrogens (tertiary/aromatic N) is 1. The quantitative estimate of drug-likeness (QED) is 0.465. The predicted octanol–water partition coefficient (Wildman–Crippen LogP) is 5.36. The number of halogens is 1. The number of aryl methyl sites for hydroxylation is 2. The van der Waals surface area contributed by atoms with Gasteiger partial charge in [-0.2, -0.15) is 0 Å². The fraction of sp³-hybridized carbons (Fsp3) is 0.375. The monoisotopic (exact) mass is 471 g/mol. The Morgan fingerprint density at radius 2 is 2.06 bits per heavy atom. The van der Waals surface area contributed by atoms with Crippen molar-refractivity contribution in [2.24, 2.45) is 0 Å². The first-order valence-electron chi connectivity index (χ1n) is 10.7. The molecule has 1 aliphatic carbocycles. The zero-order chi connectivity index (χ0) is 23.0. The number of hydrogen-bond donors (Lipinski definition) is 2. The van der Waals surface area contributed by atoms with Gasteiger partial charge in [-0.15, -0.1) is 11.3 Å². The van der Waals surface area contributed by atoms with Crippen LogP contribution in [0.15, 0.2) is 29.7 Å². The molecule has 1 aromatic heterocycles. The SMILES string of the molecule is C=C1CCCC(N2Cc3c(csc3CNC(=O)Nc3cc(Cl)c(C)cc3C)C2=O)C(=O)C1. The van der Waals surface area contributed by atoms with E-state index in [0.717, 1.165) is 40.0 Å². The second-order valence-electron chi connectivity index (χ2n) is 8.51. The molecular formula is C24H26ClN3O3S. The summed E-state index contributed by atoms with van der Waals surface area (Å²) in [7, 11) is 0. The summed E-state index contributed by atoms with van der Waals surface area (Å²) in [4.78, 5) is 40.7. The fourth-order valence-corrected chi connectivity index (χ4v) is 5.49. The molecule has 8 heteroatoms. The van der Waals surface area contributed by atoms with Crippen LogP contribution in [0.25, 0.3) is 0 Å². The van der Waals surface area contributed by atoms with E-state index in [1.807, 2.05) is 25.3 Å². The molecule has 1 fully saturated rings. The van der Waals surface area contributed by atoms with Crippen molar-refractivity contribution in [2.45, 2.75) is 58.7 Å². The number of anilines is 1. The van der Waals surface area contributed by atoms with E-state index >= 15 is 0 Å². The van der Waals surface area contributed by atoms with Crippen molar-refractivity contribution >= 4 is 46.3 Å². The van der Waals surface area contributed by atoms with E-state index in [1.165, 1.54) is 11.3 Å². The lowest BCUT2D eigenvalue weighted by atomic mass is 10.1. The fourth-order valence-electron chi connectivity index (χ4n) is 4.35. The Morgan fingerprint density at radius 3 is 2.84 bits per heavy atom. The lowest BCUT2D eigenvalue weighted by molar-refractivity contribution is -0.122. The Hall–Kier alpha value is -2.64. The third-order valence-electron chi connectivity index (χ3n) is 6.14. The Morgan fingerprint density at radius 1 is 1.28 bits per heavy atom. The molecule has 4 rings (SSSR count). The molecule has 2 aliphatic rings. The molecule has 168 valence electrons. The molecule has 6 nitrogen and oxygen atoms in total. The number of carbonyl (C=O) groups excluding carboxylic acids is 3. The molecule has 2 aromatic rings. The Labute approximate surface area is 196 Å². The number of allylic oxidation sites excluding steroid dienone is 1. The molecular weight excluding hydrogens is 446 g/mol. The van der Waals surface area contributed by atoms with Crippen molar-refractivity contribution in [1.82, 2.24) is 10.2 Å². The third kappa shape index (κ3) is 4.45. The van der Waals surface area contributed by atoms with Gasteiger partial charge in [0, 0.05) is 33.9 Å². The number of urea groups is 1. The van der Waals surface area contributed by atoms with E-state index < -0.39 is 6.04 Å². The van der Waals surface area contributed by atoms with Gasteiger partial charge in [0.15, 0.2) is 5.78 Å². The highest BCUT2D eigenvalue weighted by Gasteiger charge is 2.38. The molecule has 1 unspecified atom stereocenters. The largest absolute Gasteiger partial charge is 0.333 e. The number of amides is 3. The number of rotatable bonds is 4. The first kappa shape index (κ1) is 22.6. The number of ketones is 1. The van der Waals surface area contributed by atoms with Gasteiger partial charge in [-0.3, -0.25) is 9.59 Å². The van der Waals surface area contributed by atoms with Gasteiger partial charge in [0.1, 0.15) is 0 Å². The maximum absolute atomic E-state index is 13.0. The van der Waals surface area contributed by atoms with Crippen LogP contribution in [0.3, 0.4) is 0 Å². The van der Waals surface area contributed by atoms with E-state index in [2.05, 4.69) is 17.2 Å². The topological polar surface area (TPSA) is 78.5 Å². The predicted molar refractivity (Wildman–Crippen MR) is 127 cm³/mol. The molecule has 0 saturated heterocycles. The van der Waals surface area contributed by atoms with Crippen LogP contribution in [0.5, 0.6) is 0 Å². The van der Waals surface area contributed by atoms with Gasteiger partial charge < -0.3 is 15.5 Å². The lowest BCUT2D eigenvalue weighted by Gasteiger charge is -2.25. The van der Waals surface area contributed by atoms with Crippen molar-refractivity contribution in [3.8, 4) is 0 Å². The van der Waals surface area contributed by atoms with Gasteiger partial charge in [-0.25, -0.2) is 4.79 Å². The maximum atomic E-state index is 13.0. The number of thiophene rings is 1. The van der Waals surface area contributed by atoms with Crippen molar-refractivity contribution in [1.29, 1.82) is 0 Å². The molecule has 1 aliphatic heterocycles. The minimum atomic E-state index is -0.391. The molecule has 1 atom stereocenters. The van der Waals surface area contributed by atoms with Crippen LogP contribution in [0, 0.1) is 13.8 Å². The Bertz CT molecular complexity index is 1120. The van der Waals surface area contributed by atoms with Crippen molar-refractivity contribution in [3.63, 3.8) is 0 Å². The molecule has 2 heterocycles. The minimum absolute atomic E-state index is 0.0702. The molecule has 0 bridgehead atoms. The number of carbonyl (C=O) groups is 3. The number of fused-ring (bicyclic) bond motifs is 1. The van der Waals surface area contributed by atoms with Crippen molar-refractivity contribution in [2.75, 3.05) is 5.32 Å². The van der Waals surface area contributed by atoms with Crippen LogP contribution in [0.2, 0.25) is 5.02 Å². The van der Waals surface area contributed by atoms with Crippen LogP contribution in [-0.2, 0) is 17.9 Å². The van der Waals surface area contributed by atoms with Gasteiger partial charge in [0.2, 0.25) is 0 Å².